The van der Waals surface area contributed by atoms with Crippen molar-refractivity contribution in [1.29, 1.82) is 0 Å². The molecule has 1 radical (unpaired) electrons. The van der Waals surface area contributed by atoms with Gasteiger partial charge in [-0.15, -0.1) is 0 Å². The van der Waals surface area contributed by atoms with Crippen molar-refractivity contribution in [3.63, 3.8) is 0 Å². The van der Waals surface area contributed by atoms with Gasteiger partial charge >= 0.3 is 18.6 Å². The van der Waals surface area contributed by atoms with Crippen LogP contribution in [-0.4, -0.2) is 0 Å². The van der Waals surface area contributed by atoms with Gasteiger partial charge in [0.05, 0.1) is 0 Å². The summed E-state index contributed by atoms with van der Waals surface area (Å²) in [7, 11) is 0. The first kappa shape index (κ1) is 63.3. The van der Waals surface area contributed by atoms with Crippen molar-refractivity contribution in [3.05, 3.63) is 31.2 Å². The van der Waals surface area contributed by atoms with Crippen molar-refractivity contribution >= 4 is 0 Å². The zero-order valence-electron chi connectivity index (χ0n) is 22.2. The van der Waals surface area contributed by atoms with Gasteiger partial charge in [-0.05, 0) is 42.9 Å². The van der Waals surface area contributed by atoms with Crippen LogP contribution in [0.2, 0.25) is 0 Å². The maximum atomic E-state index is 2.81. The van der Waals surface area contributed by atoms with Gasteiger partial charge in [-0.2, -0.15) is 6.92 Å². The number of allylic oxidation sites excluding steroid dienone is 4. The van der Waals surface area contributed by atoms with E-state index in [1.165, 1.54) is 18.4 Å². The van der Waals surface area contributed by atoms with Crippen molar-refractivity contribution in [2.75, 3.05) is 0 Å². The van der Waals surface area contributed by atoms with Gasteiger partial charge in [0, 0.05) is 0 Å². The van der Waals surface area contributed by atoms with E-state index in [4.69, 9.17) is 0 Å². The fourth-order valence-corrected chi connectivity index (χ4v) is 0.612. The van der Waals surface area contributed by atoms with Gasteiger partial charge in [0.15, 0.2) is 0 Å². The Bertz CT molecular complexity index is 308. The summed E-state index contributed by atoms with van der Waals surface area (Å²) in [6.45, 7) is 32.9. The van der Waals surface area contributed by atoms with Crippen LogP contribution in [0.4, 0.5) is 0 Å². The molecule has 0 saturated heterocycles. The Balaban J connectivity index is -0.0000000227. The Kier molecular flexibility index (Phi) is 76.3. The maximum absolute atomic E-state index is 2.81. The zero-order chi connectivity index (χ0) is 21.3. The molecule has 0 aliphatic rings. The van der Waals surface area contributed by atoms with E-state index >= 15 is 0 Å². The molecule has 0 aromatic rings. The first-order valence-corrected chi connectivity index (χ1v) is 10.2. The Morgan fingerprint density at radius 1 is 0.806 bits per heavy atom. The summed E-state index contributed by atoms with van der Waals surface area (Å²) in [5, 5.41) is 0. The molecule has 1 heteroatoms. The molecule has 0 saturated carbocycles. The molecule has 0 nitrogen and oxygen atoms in total. The topological polar surface area (TPSA) is 0 Å². The van der Waals surface area contributed by atoms with Gasteiger partial charge in [0.25, 0.3) is 0 Å². The van der Waals surface area contributed by atoms with Crippen LogP contribution in [0.25, 0.3) is 0 Å². The molecule has 0 fully saturated rings. The normalized spacial score (nSPS) is 9.77. The second-order valence-electron chi connectivity index (χ2n) is 9.08. The van der Waals surface area contributed by atoms with Crippen molar-refractivity contribution < 1.29 is 18.6 Å². The molecular formula is C30H72V. The van der Waals surface area contributed by atoms with Crippen LogP contribution in [0.15, 0.2) is 17.7 Å². The monoisotopic (exact) mass is 484 g/mol. The van der Waals surface area contributed by atoms with Crippen LogP contribution in [0, 0.1) is 36.2 Å². The minimum Gasteiger partial charge on any atom is -0.504 e. The molecule has 0 unspecified atom stereocenters. The smallest absolute Gasteiger partial charge is 0.504 e. The quantitative estimate of drug-likeness (QED) is 0.276. The summed E-state index contributed by atoms with van der Waals surface area (Å²) < 4.78 is 0. The molecule has 0 spiro atoms. The summed E-state index contributed by atoms with van der Waals surface area (Å²) in [6, 6.07) is 0. The van der Waals surface area contributed by atoms with E-state index in [0.29, 0.717) is 10.8 Å². The third-order valence-electron chi connectivity index (χ3n) is 5.55. The second kappa shape index (κ2) is 37.4. The minimum absolute atomic E-state index is 0. The van der Waals surface area contributed by atoms with E-state index in [1.807, 2.05) is 19.9 Å². The van der Waals surface area contributed by atoms with Crippen molar-refractivity contribution in [2.45, 2.75) is 146 Å². The van der Waals surface area contributed by atoms with E-state index in [9.17, 15) is 0 Å². The summed E-state index contributed by atoms with van der Waals surface area (Å²) in [5.41, 5.74) is 2.51. The number of hydrogen-bond donors (Lipinski definition) is 0. The third-order valence-corrected chi connectivity index (χ3v) is 5.55. The molecule has 0 bridgehead atoms. The summed E-state index contributed by atoms with van der Waals surface area (Å²) in [5.74, 6) is 1.61. The minimum atomic E-state index is 0. The molecular weight excluding hydrogens is 411 g/mol. The molecule has 0 rings (SSSR count). The van der Waals surface area contributed by atoms with Gasteiger partial charge in [-0.25, -0.2) is 0 Å². The van der Waals surface area contributed by atoms with Crippen molar-refractivity contribution in [1.82, 2.24) is 0 Å². The molecule has 0 atom stereocenters. The maximum Gasteiger partial charge on any atom is 2.00 e. The van der Waals surface area contributed by atoms with E-state index < -0.39 is 0 Å². The molecule has 197 valence electrons. The molecule has 0 aromatic heterocycles. The molecule has 31 heavy (non-hydrogen) atoms. The molecule has 0 heterocycles. The van der Waals surface area contributed by atoms with E-state index in [2.05, 4.69) is 102 Å². The summed E-state index contributed by atoms with van der Waals surface area (Å²) in [6.07, 6.45) is 9.29. The van der Waals surface area contributed by atoms with Gasteiger partial charge in [0.1, 0.15) is 0 Å². The first-order chi connectivity index (χ1) is 11.2. The Hall–Kier alpha value is 0.0644. The van der Waals surface area contributed by atoms with Crippen molar-refractivity contribution in [3.8, 4) is 0 Å². The van der Waals surface area contributed by atoms with Gasteiger partial charge in [-0.3, -0.25) is 6.08 Å². The van der Waals surface area contributed by atoms with Crippen molar-refractivity contribution in [2.24, 2.45) is 22.7 Å². The van der Waals surface area contributed by atoms with Crippen LogP contribution in [-0.2, 0) is 18.6 Å². The average Bonchev–Trinajstić information content (AvgIpc) is 2.54. The SMILES string of the molecule is C.C.C.C.C/C=C(\C)CC.CC(C)C(C)(C)C.CCC(C)(C)C(C)C.C[C-]=CC.[CH3-].[V+2]. The molecule has 0 aliphatic carbocycles. The van der Waals surface area contributed by atoms with Crippen LogP contribution in [0.1, 0.15) is 146 Å². The van der Waals surface area contributed by atoms with E-state index in [1.54, 1.807) is 0 Å². The number of hydrogen-bond acceptors (Lipinski definition) is 0. The average molecular weight is 484 g/mol. The first-order valence-electron chi connectivity index (χ1n) is 10.2. The Labute approximate surface area is 218 Å². The molecule has 0 N–H and O–H groups in total. The van der Waals surface area contributed by atoms with E-state index in [-0.39, 0.29) is 55.7 Å². The predicted molar refractivity (Wildman–Crippen MR) is 155 cm³/mol. The summed E-state index contributed by atoms with van der Waals surface area (Å²) >= 11 is 0. The standard InChI is InChI=1S/C8H18.C7H16.C6H12.C4H7.4CH4.CH3.V/c1-6-8(4,5)7(2)3;1-6(2)7(3,4)5;1-4-6(3)5-2;1-3-4-2;;;;;;/h7H,6H2,1-5H3;6H,1-5H3;4H,5H2,1-3H3;3H,1-2H3;4*1H4;1H3;/q;;;-1;;;;;-1;+2/b;;6-4+;;;;;;;. The fourth-order valence-electron chi connectivity index (χ4n) is 0.612. The molecule has 0 aliphatic heterocycles. The Morgan fingerprint density at radius 2 is 1.06 bits per heavy atom. The number of rotatable bonds is 3. The van der Waals surface area contributed by atoms with Crippen LogP contribution >= 0.6 is 0 Å². The zero-order valence-corrected chi connectivity index (χ0v) is 23.6. The third kappa shape index (κ3) is 58.8. The predicted octanol–water partition coefficient (Wildman–Crippen LogP) is 12.5. The summed E-state index contributed by atoms with van der Waals surface area (Å²) in [4.78, 5) is 0. The van der Waals surface area contributed by atoms with E-state index in [0.717, 1.165) is 11.8 Å². The molecule has 0 amide bonds. The van der Waals surface area contributed by atoms with Crippen LogP contribution in [0.3, 0.4) is 0 Å². The second-order valence-corrected chi connectivity index (χ2v) is 9.08. The van der Waals surface area contributed by atoms with Gasteiger partial charge in [-0.1, -0.05) is 131 Å². The van der Waals surface area contributed by atoms with Crippen LogP contribution in [0.5, 0.6) is 0 Å². The van der Waals surface area contributed by atoms with Crippen LogP contribution < -0.4 is 0 Å². The Morgan fingerprint density at radius 3 is 1.06 bits per heavy atom. The fraction of sp³-hybridized carbons (Fsp3) is 0.833. The molecule has 0 aromatic carbocycles. The van der Waals surface area contributed by atoms with Gasteiger partial charge < -0.3 is 13.5 Å². The van der Waals surface area contributed by atoms with Gasteiger partial charge in [0.2, 0.25) is 0 Å². The largest absolute Gasteiger partial charge is 2.00 e.